The fourth-order valence-corrected chi connectivity index (χ4v) is 3.07. The van der Waals surface area contributed by atoms with Gasteiger partial charge in [0.15, 0.2) is 0 Å². The summed E-state index contributed by atoms with van der Waals surface area (Å²) in [4.78, 5) is 13.5. The summed E-state index contributed by atoms with van der Waals surface area (Å²) in [5, 5.41) is 6.76. The lowest BCUT2D eigenvalue weighted by molar-refractivity contribution is 1.03. The van der Waals surface area contributed by atoms with E-state index in [9.17, 15) is 0 Å². The topological polar surface area (TPSA) is 62.7 Å². The first-order chi connectivity index (χ1) is 14.3. The number of nitrogens with one attached hydrogen (secondary N) is 2. The monoisotopic (exact) mass is 381 g/mol. The number of aryl methyl sites for hydroxylation is 1. The molecular weight excluding hydrogens is 358 g/mol. The van der Waals surface area contributed by atoms with Crippen molar-refractivity contribution >= 4 is 11.8 Å². The second kappa shape index (κ2) is 8.97. The molecule has 0 fully saturated rings. The van der Waals surface area contributed by atoms with Crippen LogP contribution in [0.5, 0.6) is 0 Å². The van der Waals surface area contributed by atoms with Crippen molar-refractivity contribution in [3.05, 3.63) is 102 Å². The molecule has 0 bridgehead atoms. The Labute approximate surface area is 170 Å². The van der Waals surface area contributed by atoms with E-state index in [0.717, 1.165) is 22.6 Å². The zero-order valence-corrected chi connectivity index (χ0v) is 16.3. The molecule has 5 heteroatoms. The van der Waals surface area contributed by atoms with Crippen molar-refractivity contribution in [1.29, 1.82) is 0 Å². The van der Waals surface area contributed by atoms with Crippen LogP contribution in [0.4, 0.5) is 11.8 Å². The Balaban J connectivity index is 1.57. The summed E-state index contributed by atoms with van der Waals surface area (Å²) >= 11 is 0. The Bertz CT molecular complexity index is 1060. The standard InChI is InChI=1S/C24H23N5/c1-18-6-5-7-20(14-18)17-27-24-28-22(21-8-3-2-4-9-21)15-23(29-24)26-16-19-10-12-25-13-11-19/h2-15H,16-17H2,1H3,(H2,26,27,28,29). The van der Waals surface area contributed by atoms with E-state index in [1.807, 2.05) is 36.4 Å². The van der Waals surface area contributed by atoms with E-state index in [-0.39, 0.29) is 0 Å². The van der Waals surface area contributed by atoms with Crippen LogP contribution in [0.1, 0.15) is 16.7 Å². The highest BCUT2D eigenvalue weighted by atomic mass is 15.1. The lowest BCUT2D eigenvalue weighted by atomic mass is 10.1. The van der Waals surface area contributed by atoms with Crippen LogP contribution in [-0.4, -0.2) is 15.0 Å². The maximum Gasteiger partial charge on any atom is 0.225 e. The highest BCUT2D eigenvalue weighted by Crippen LogP contribution is 2.22. The van der Waals surface area contributed by atoms with Gasteiger partial charge >= 0.3 is 0 Å². The van der Waals surface area contributed by atoms with E-state index < -0.39 is 0 Å². The van der Waals surface area contributed by atoms with E-state index >= 15 is 0 Å². The number of pyridine rings is 1. The fourth-order valence-electron chi connectivity index (χ4n) is 3.07. The van der Waals surface area contributed by atoms with E-state index in [2.05, 4.69) is 63.9 Å². The normalized spacial score (nSPS) is 10.5. The molecule has 2 aromatic heterocycles. The highest BCUT2D eigenvalue weighted by Gasteiger charge is 2.07. The Kier molecular flexibility index (Phi) is 5.76. The minimum Gasteiger partial charge on any atom is -0.366 e. The zero-order chi connectivity index (χ0) is 19.9. The summed E-state index contributed by atoms with van der Waals surface area (Å²) in [7, 11) is 0. The van der Waals surface area contributed by atoms with Crippen LogP contribution in [0, 0.1) is 6.92 Å². The number of hydrogen-bond acceptors (Lipinski definition) is 5. The molecule has 0 spiro atoms. The van der Waals surface area contributed by atoms with Crippen molar-refractivity contribution in [3.63, 3.8) is 0 Å². The molecule has 0 atom stereocenters. The average Bonchev–Trinajstić information content (AvgIpc) is 2.78. The predicted molar refractivity (Wildman–Crippen MR) is 118 cm³/mol. The number of anilines is 2. The first kappa shape index (κ1) is 18.6. The van der Waals surface area contributed by atoms with Gasteiger partial charge in [-0.1, -0.05) is 60.2 Å². The largest absolute Gasteiger partial charge is 0.366 e. The molecule has 0 unspecified atom stereocenters. The van der Waals surface area contributed by atoms with Gasteiger partial charge in [-0.3, -0.25) is 4.98 Å². The van der Waals surface area contributed by atoms with Gasteiger partial charge in [0.05, 0.1) is 5.69 Å². The summed E-state index contributed by atoms with van der Waals surface area (Å²) in [6.45, 7) is 3.44. The van der Waals surface area contributed by atoms with Crippen LogP contribution < -0.4 is 10.6 Å². The van der Waals surface area contributed by atoms with Gasteiger partial charge in [0.1, 0.15) is 5.82 Å². The minimum atomic E-state index is 0.602. The molecule has 0 amide bonds. The van der Waals surface area contributed by atoms with Crippen LogP contribution in [0.2, 0.25) is 0 Å². The van der Waals surface area contributed by atoms with Crippen LogP contribution in [0.25, 0.3) is 11.3 Å². The van der Waals surface area contributed by atoms with Gasteiger partial charge in [0.25, 0.3) is 0 Å². The molecule has 0 aliphatic rings. The molecule has 0 radical (unpaired) electrons. The smallest absolute Gasteiger partial charge is 0.225 e. The summed E-state index contributed by atoms with van der Waals surface area (Å²) < 4.78 is 0. The zero-order valence-electron chi connectivity index (χ0n) is 16.3. The van der Waals surface area contributed by atoms with Crippen molar-refractivity contribution in [2.45, 2.75) is 20.0 Å². The van der Waals surface area contributed by atoms with Crippen molar-refractivity contribution < 1.29 is 0 Å². The highest BCUT2D eigenvalue weighted by molar-refractivity contribution is 5.64. The van der Waals surface area contributed by atoms with Crippen molar-refractivity contribution in [2.24, 2.45) is 0 Å². The molecule has 0 saturated carbocycles. The third-order valence-corrected chi connectivity index (χ3v) is 4.55. The van der Waals surface area contributed by atoms with Gasteiger partial charge in [-0.2, -0.15) is 4.98 Å². The summed E-state index contributed by atoms with van der Waals surface area (Å²) in [5.41, 5.74) is 5.52. The maximum absolute atomic E-state index is 4.72. The van der Waals surface area contributed by atoms with Gasteiger partial charge in [-0.25, -0.2) is 4.98 Å². The van der Waals surface area contributed by atoms with Gasteiger partial charge in [0.2, 0.25) is 5.95 Å². The lowest BCUT2D eigenvalue weighted by Crippen LogP contribution is -2.08. The first-order valence-corrected chi connectivity index (χ1v) is 9.63. The van der Waals surface area contributed by atoms with Gasteiger partial charge in [0, 0.05) is 37.1 Å². The molecule has 0 saturated heterocycles. The second-order valence-corrected chi connectivity index (χ2v) is 6.88. The maximum atomic E-state index is 4.72. The number of aromatic nitrogens is 3. The third kappa shape index (κ3) is 5.17. The molecule has 0 aliphatic carbocycles. The number of benzene rings is 2. The van der Waals surface area contributed by atoms with E-state index in [1.54, 1.807) is 12.4 Å². The molecular formula is C24H23N5. The molecule has 2 aromatic carbocycles. The second-order valence-electron chi connectivity index (χ2n) is 6.88. The molecule has 2 N–H and O–H groups in total. The first-order valence-electron chi connectivity index (χ1n) is 9.63. The number of rotatable bonds is 7. The number of nitrogens with zero attached hydrogens (tertiary/aromatic N) is 3. The predicted octanol–water partition coefficient (Wildman–Crippen LogP) is 5.07. The van der Waals surface area contributed by atoms with E-state index in [0.29, 0.717) is 19.0 Å². The van der Waals surface area contributed by atoms with Crippen LogP contribution in [0.15, 0.2) is 85.2 Å². The molecule has 0 aliphatic heterocycles. The summed E-state index contributed by atoms with van der Waals surface area (Å²) in [5.74, 6) is 1.38. The SMILES string of the molecule is Cc1cccc(CNc2nc(NCc3ccncc3)cc(-c3ccccc3)n2)c1. The van der Waals surface area contributed by atoms with Crippen molar-refractivity contribution in [2.75, 3.05) is 10.6 Å². The number of hydrogen-bond donors (Lipinski definition) is 2. The Hall–Kier alpha value is -3.73. The summed E-state index contributed by atoms with van der Waals surface area (Å²) in [6, 6.07) is 24.5. The molecule has 4 aromatic rings. The third-order valence-electron chi connectivity index (χ3n) is 4.55. The van der Waals surface area contributed by atoms with Gasteiger partial charge in [-0.15, -0.1) is 0 Å². The van der Waals surface area contributed by atoms with Crippen LogP contribution in [0.3, 0.4) is 0 Å². The quantitative estimate of drug-likeness (QED) is 0.468. The molecule has 29 heavy (non-hydrogen) atoms. The minimum absolute atomic E-state index is 0.602. The van der Waals surface area contributed by atoms with E-state index in [1.165, 1.54) is 11.1 Å². The Morgan fingerprint density at radius 1 is 0.724 bits per heavy atom. The van der Waals surface area contributed by atoms with Crippen molar-refractivity contribution in [1.82, 2.24) is 15.0 Å². The molecule has 4 rings (SSSR count). The molecule has 144 valence electrons. The average molecular weight is 381 g/mol. The molecule has 2 heterocycles. The van der Waals surface area contributed by atoms with Gasteiger partial charge < -0.3 is 10.6 Å². The molecule has 5 nitrogen and oxygen atoms in total. The van der Waals surface area contributed by atoms with Gasteiger partial charge in [-0.05, 0) is 30.2 Å². The fraction of sp³-hybridized carbons (Fsp3) is 0.125. The summed E-state index contributed by atoms with van der Waals surface area (Å²) in [6.07, 6.45) is 3.59. The lowest BCUT2D eigenvalue weighted by Gasteiger charge is -2.12. The van der Waals surface area contributed by atoms with Crippen LogP contribution >= 0.6 is 0 Å². The Morgan fingerprint density at radius 2 is 1.52 bits per heavy atom. The Morgan fingerprint density at radius 3 is 2.31 bits per heavy atom. The van der Waals surface area contributed by atoms with Crippen molar-refractivity contribution in [3.8, 4) is 11.3 Å². The van der Waals surface area contributed by atoms with Crippen LogP contribution in [-0.2, 0) is 13.1 Å². The van der Waals surface area contributed by atoms with E-state index in [4.69, 9.17) is 4.98 Å².